The lowest BCUT2D eigenvalue weighted by Gasteiger charge is -2.22. The fourth-order valence-electron chi connectivity index (χ4n) is 5.26. The molecule has 0 atom stereocenters. The van der Waals surface area contributed by atoms with Crippen molar-refractivity contribution in [1.29, 1.82) is 0 Å². The van der Waals surface area contributed by atoms with Gasteiger partial charge in [-0.3, -0.25) is 5.01 Å². The number of fused-ring (bicyclic) bond motifs is 4. The molecular weight excluding hydrogens is 400 g/mol. The molecule has 33 heavy (non-hydrogen) atoms. The van der Waals surface area contributed by atoms with E-state index in [2.05, 4.69) is 123 Å². The SMILES string of the molecule is CC1(C)c2ccccc2-c2ccc(-c3ccc(N(N)c4cccc5ccccc45)cc3)cc21. The molecule has 0 fully saturated rings. The van der Waals surface area contributed by atoms with Crippen LogP contribution in [0.15, 0.2) is 109 Å². The molecule has 5 aromatic rings. The summed E-state index contributed by atoms with van der Waals surface area (Å²) in [6.07, 6.45) is 0. The average molecular weight is 427 g/mol. The van der Waals surface area contributed by atoms with E-state index in [1.807, 2.05) is 0 Å². The van der Waals surface area contributed by atoms with E-state index in [1.165, 1.54) is 38.8 Å². The number of nitrogens with zero attached hydrogens (tertiary/aromatic N) is 1. The van der Waals surface area contributed by atoms with E-state index in [0.29, 0.717) is 0 Å². The van der Waals surface area contributed by atoms with Gasteiger partial charge in [0.1, 0.15) is 0 Å². The van der Waals surface area contributed by atoms with E-state index in [0.717, 1.165) is 16.8 Å². The van der Waals surface area contributed by atoms with Gasteiger partial charge in [-0.25, -0.2) is 5.84 Å². The highest BCUT2D eigenvalue weighted by Crippen LogP contribution is 2.49. The Morgan fingerprint density at radius 3 is 2.12 bits per heavy atom. The van der Waals surface area contributed by atoms with Gasteiger partial charge in [-0.05, 0) is 63.0 Å². The summed E-state index contributed by atoms with van der Waals surface area (Å²) in [6.45, 7) is 4.64. The predicted octanol–water partition coefficient (Wildman–Crippen LogP) is 7.82. The molecule has 0 heterocycles. The van der Waals surface area contributed by atoms with Crippen molar-refractivity contribution >= 4 is 22.1 Å². The van der Waals surface area contributed by atoms with Crippen LogP contribution in [0.25, 0.3) is 33.0 Å². The minimum absolute atomic E-state index is 0.00427. The lowest BCUT2D eigenvalue weighted by atomic mass is 9.81. The largest absolute Gasteiger partial charge is 0.279 e. The minimum atomic E-state index is 0.00427. The number of rotatable bonds is 3. The summed E-state index contributed by atoms with van der Waals surface area (Å²) in [5.74, 6) is 6.56. The molecule has 0 unspecified atom stereocenters. The van der Waals surface area contributed by atoms with Gasteiger partial charge in [-0.2, -0.15) is 0 Å². The Labute approximate surface area is 194 Å². The van der Waals surface area contributed by atoms with Gasteiger partial charge in [0.2, 0.25) is 0 Å². The highest BCUT2D eigenvalue weighted by Gasteiger charge is 2.35. The van der Waals surface area contributed by atoms with E-state index in [4.69, 9.17) is 5.84 Å². The predicted molar refractivity (Wildman–Crippen MR) is 140 cm³/mol. The van der Waals surface area contributed by atoms with E-state index >= 15 is 0 Å². The Balaban J connectivity index is 1.35. The van der Waals surface area contributed by atoms with Crippen LogP contribution in [0, 0.1) is 0 Å². The van der Waals surface area contributed by atoms with Crippen LogP contribution in [0.3, 0.4) is 0 Å². The zero-order valence-electron chi connectivity index (χ0n) is 18.9. The first-order valence-corrected chi connectivity index (χ1v) is 11.4. The van der Waals surface area contributed by atoms with Gasteiger partial charge < -0.3 is 0 Å². The molecule has 0 saturated heterocycles. The smallest absolute Gasteiger partial charge is 0.0653 e. The van der Waals surface area contributed by atoms with Crippen LogP contribution in [0.2, 0.25) is 0 Å². The summed E-state index contributed by atoms with van der Waals surface area (Å²) >= 11 is 0. The van der Waals surface area contributed by atoms with Crippen LogP contribution in [-0.2, 0) is 5.41 Å². The molecule has 6 rings (SSSR count). The lowest BCUT2D eigenvalue weighted by molar-refractivity contribution is 0.660. The Bertz CT molecular complexity index is 1490. The molecule has 0 bridgehead atoms. The lowest BCUT2D eigenvalue weighted by Crippen LogP contribution is -2.25. The summed E-state index contributed by atoms with van der Waals surface area (Å²) in [5.41, 5.74) is 9.89. The van der Waals surface area contributed by atoms with Gasteiger partial charge >= 0.3 is 0 Å². The molecule has 0 spiro atoms. The normalized spacial score (nSPS) is 13.5. The zero-order chi connectivity index (χ0) is 22.6. The van der Waals surface area contributed by atoms with Crippen molar-refractivity contribution in [3.63, 3.8) is 0 Å². The van der Waals surface area contributed by atoms with E-state index < -0.39 is 0 Å². The maximum atomic E-state index is 6.56. The van der Waals surface area contributed by atoms with Gasteiger partial charge in [-0.1, -0.05) is 98.8 Å². The standard InChI is InChI=1S/C31H26N2/c1-31(2)28-12-6-5-11-26(28)27-19-16-23(20-29(27)31)21-14-17-24(18-15-21)33(32)30-13-7-9-22-8-3-4-10-25(22)30/h3-20H,32H2,1-2H3. The third-order valence-electron chi connectivity index (χ3n) is 7.09. The quantitative estimate of drug-likeness (QED) is 0.235. The van der Waals surface area contributed by atoms with E-state index in [9.17, 15) is 0 Å². The van der Waals surface area contributed by atoms with Crippen molar-refractivity contribution < 1.29 is 0 Å². The Morgan fingerprint density at radius 1 is 0.606 bits per heavy atom. The Kier molecular flexibility index (Phi) is 4.39. The molecule has 1 aliphatic rings. The molecule has 0 aliphatic heterocycles. The molecule has 0 radical (unpaired) electrons. The number of hydrogen-bond donors (Lipinski definition) is 1. The Morgan fingerprint density at radius 2 is 1.27 bits per heavy atom. The summed E-state index contributed by atoms with van der Waals surface area (Å²) in [7, 11) is 0. The fourth-order valence-corrected chi connectivity index (χ4v) is 5.26. The molecule has 0 aromatic heterocycles. The molecular formula is C31H26N2. The van der Waals surface area contributed by atoms with Crippen LogP contribution < -0.4 is 10.9 Å². The number of nitrogens with two attached hydrogens (primary N) is 1. The van der Waals surface area contributed by atoms with Gasteiger partial charge in [-0.15, -0.1) is 0 Å². The second kappa shape index (κ2) is 7.33. The first-order chi connectivity index (χ1) is 16.0. The van der Waals surface area contributed by atoms with Crippen LogP contribution in [0.1, 0.15) is 25.0 Å². The van der Waals surface area contributed by atoms with Gasteiger partial charge in [0.05, 0.1) is 11.4 Å². The molecule has 2 heteroatoms. The topological polar surface area (TPSA) is 29.3 Å². The molecule has 1 aliphatic carbocycles. The van der Waals surface area contributed by atoms with Crippen LogP contribution in [-0.4, -0.2) is 0 Å². The van der Waals surface area contributed by atoms with E-state index in [-0.39, 0.29) is 5.41 Å². The van der Waals surface area contributed by atoms with E-state index in [1.54, 1.807) is 5.01 Å². The first kappa shape index (κ1) is 19.8. The Hall–Kier alpha value is -3.88. The van der Waals surface area contributed by atoms with Gasteiger partial charge in [0.15, 0.2) is 0 Å². The maximum absolute atomic E-state index is 6.56. The monoisotopic (exact) mass is 426 g/mol. The zero-order valence-corrected chi connectivity index (χ0v) is 18.9. The molecule has 2 N–H and O–H groups in total. The number of benzene rings is 5. The highest BCUT2D eigenvalue weighted by atomic mass is 15.4. The van der Waals surface area contributed by atoms with Crippen molar-refractivity contribution in [2.75, 3.05) is 5.01 Å². The van der Waals surface area contributed by atoms with Crippen LogP contribution in [0.4, 0.5) is 11.4 Å². The van der Waals surface area contributed by atoms with Gasteiger partial charge in [0, 0.05) is 10.8 Å². The number of hydrogen-bond acceptors (Lipinski definition) is 2. The van der Waals surface area contributed by atoms with Crippen molar-refractivity contribution in [2.24, 2.45) is 5.84 Å². The van der Waals surface area contributed by atoms with Crippen molar-refractivity contribution in [1.82, 2.24) is 0 Å². The maximum Gasteiger partial charge on any atom is 0.0653 e. The van der Waals surface area contributed by atoms with Crippen molar-refractivity contribution in [3.05, 3.63) is 120 Å². The third kappa shape index (κ3) is 3.06. The highest BCUT2D eigenvalue weighted by molar-refractivity contribution is 5.95. The number of hydrazine groups is 1. The van der Waals surface area contributed by atoms with Gasteiger partial charge in [0.25, 0.3) is 0 Å². The fraction of sp³-hybridized carbons (Fsp3) is 0.0968. The summed E-state index contributed by atoms with van der Waals surface area (Å²) in [4.78, 5) is 0. The third-order valence-corrected chi connectivity index (χ3v) is 7.09. The molecule has 0 saturated carbocycles. The second-order valence-electron chi connectivity index (χ2n) is 9.35. The second-order valence-corrected chi connectivity index (χ2v) is 9.35. The minimum Gasteiger partial charge on any atom is -0.279 e. The average Bonchev–Trinajstić information content (AvgIpc) is 3.10. The summed E-state index contributed by atoms with van der Waals surface area (Å²) < 4.78 is 0. The van der Waals surface area contributed by atoms with Crippen molar-refractivity contribution in [3.8, 4) is 22.3 Å². The molecule has 2 nitrogen and oxygen atoms in total. The summed E-state index contributed by atoms with van der Waals surface area (Å²) in [5, 5.41) is 4.10. The molecule has 160 valence electrons. The van der Waals surface area contributed by atoms with Crippen LogP contribution in [0.5, 0.6) is 0 Å². The van der Waals surface area contributed by atoms with Crippen molar-refractivity contribution in [2.45, 2.75) is 19.3 Å². The van der Waals surface area contributed by atoms with Crippen LogP contribution >= 0.6 is 0 Å². The first-order valence-electron chi connectivity index (χ1n) is 11.4. The number of anilines is 2. The summed E-state index contributed by atoms with van der Waals surface area (Å²) in [6, 6.07) is 38.7. The molecule has 5 aromatic carbocycles. The molecule has 0 amide bonds.